The molecule has 2 N–H and O–H groups in total. The highest BCUT2D eigenvalue weighted by Gasteiger charge is 2.32. The van der Waals surface area contributed by atoms with E-state index in [2.05, 4.69) is 5.32 Å². The summed E-state index contributed by atoms with van der Waals surface area (Å²) in [6.45, 7) is 0.721. The molecule has 8 heteroatoms. The van der Waals surface area contributed by atoms with Crippen LogP contribution in [0.4, 0.5) is 0 Å². The lowest BCUT2D eigenvalue weighted by molar-refractivity contribution is -0.123. The van der Waals surface area contributed by atoms with Crippen LogP contribution in [-0.2, 0) is 16.0 Å². The molecule has 2 aromatic rings. The number of hydrogen-bond donors (Lipinski definition) is 2. The standard InChI is InChI=1S/C21H19ClN2O3S2/c22-16-3-1-2-15(12-16)13-18-20(27)24(21(28)29-18)11-9-19(26)23-10-8-14-4-6-17(25)7-5-14/h1-7,12-13,25H,8-11H2,(H,23,26). The predicted octanol–water partition coefficient (Wildman–Crippen LogP) is 4.00. The van der Waals surface area contributed by atoms with Crippen molar-refractivity contribution < 1.29 is 14.7 Å². The van der Waals surface area contributed by atoms with Crippen LogP contribution in [0, 0.1) is 0 Å². The summed E-state index contributed by atoms with van der Waals surface area (Å²) >= 11 is 12.5. The van der Waals surface area contributed by atoms with Gasteiger partial charge in [0.2, 0.25) is 5.91 Å². The van der Waals surface area contributed by atoms with Gasteiger partial charge in [-0.25, -0.2) is 0 Å². The van der Waals surface area contributed by atoms with Crippen molar-refractivity contribution in [2.45, 2.75) is 12.8 Å². The van der Waals surface area contributed by atoms with E-state index in [0.717, 1.165) is 11.1 Å². The minimum absolute atomic E-state index is 0.142. The lowest BCUT2D eigenvalue weighted by Gasteiger charge is -2.14. The fourth-order valence-corrected chi connectivity index (χ4v) is 4.26. The van der Waals surface area contributed by atoms with E-state index in [1.807, 2.05) is 24.3 Å². The van der Waals surface area contributed by atoms with Crippen LogP contribution in [0.5, 0.6) is 5.75 Å². The Labute approximate surface area is 183 Å². The number of phenolic OH excluding ortho intramolecular Hbond substituents is 1. The largest absolute Gasteiger partial charge is 0.508 e. The molecule has 0 aliphatic carbocycles. The maximum Gasteiger partial charge on any atom is 0.266 e. The molecule has 5 nitrogen and oxygen atoms in total. The average Bonchev–Trinajstić information content (AvgIpc) is 2.94. The lowest BCUT2D eigenvalue weighted by Crippen LogP contribution is -2.34. The van der Waals surface area contributed by atoms with E-state index in [0.29, 0.717) is 27.2 Å². The van der Waals surface area contributed by atoms with Crippen molar-refractivity contribution in [3.63, 3.8) is 0 Å². The molecule has 2 aromatic carbocycles. The van der Waals surface area contributed by atoms with E-state index in [-0.39, 0.29) is 30.5 Å². The minimum Gasteiger partial charge on any atom is -0.508 e. The van der Waals surface area contributed by atoms with Gasteiger partial charge in [-0.2, -0.15) is 0 Å². The van der Waals surface area contributed by atoms with Crippen molar-refractivity contribution in [1.29, 1.82) is 0 Å². The molecular weight excluding hydrogens is 428 g/mol. The van der Waals surface area contributed by atoms with Gasteiger partial charge >= 0.3 is 0 Å². The number of phenols is 1. The number of rotatable bonds is 7. The van der Waals surface area contributed by atoms with Gasteiger partial charge in [0.15, 0.2) is 0 Å². The van der Waals surface area contributed by atoms with E-state index >= 15 is 0 Å². The molecule has 0 unspecified atom stereocenters. The van der Waals surface area contributed by atoms with Gasteiger partial charge < -0.3 is 10.4 Å². The third-order valence-corrected chi connectivity index (χ3v) is 5.87. The molecule has 0 bridgehead atoms. The minimum atomic E-state index is -0.197. The maximum atomic E-state index is 12.6. The van der Waals surface area contributed by atoms with Crippen LogP contribution < -0.4 is 5.32 Å². The molecule has 1 aliphatic heterocycles. The van der Waals surface area contributed by atoms with Gasteiger partial charge in [0, 0.05) is 24.5 Å². The number of aromatic hydroxyl groups is 1. The Balaban J connectivity index is 1.48. The molecule has 29 heavy (non-hydrogen) atoms. The van der Waals surface area contributed by atoms with Crippen LogP contribution >= 0.6 is 35.6 Å². The summed E-state index contributed by atoms with van der Waals surface area (Å²) in [6, 6.07) is 14.1. The molecule has 1 saturated heterocycles. The lowest BCUT2D eigenvalue weighted by atomic mass is 10.1. The Bertz CT molecular complexity index is 961. The average molecular weight is 447 g/mol. The van der Waals surface area contributed by atoms with Gasteiger partial charge in [-0.15, -0.1) is 0 Å². The van der Waals surface area contributed by atoms with Crippen LogP contribution in [0.1, 0.15) is 17.5 Å². The number of benzene rings is 2. The zero-order valence-corrected chi connectivity index (χ0v) is 17.8. The van der Waals surface area contributed by atoms with Crippen LogP contribution in [0.3, 0.4) is 0 Å². The fourth-order valence-electron chi connectivity index (χ4n) is 2.75. The summed E-state index contributed by atoms with van der Waals surface area (Å²) < 4.78 is 0.445. The first-order chi connectivity index (χ1) is 13.9. The summed E-state index contributed by atoms with van der Waals surface area (Å²) in [5.74, 6) is -0.126. The second-order valence-corrected chi connectivity index (χ2v) is 8.52. The molecular formula is C21H19ClN2O3S2. The van der Waals surface area contributed by atoms with Crippen molar-refractivity contribution in [2.24, 2.45) is 0 Å². The Morgan fingerprint density at radius 1 is 1.24 bits per heavy atom. The summed E-state index contributed by atoms with van der Waals surface area (Å²) in [5, 5.41) is 12.7. The third kappa shape index (κ3) is 6.06. The Kier molecular flexibility index (Phi) is 7.30. The zero-order chi connectivity index (χ0) is 20.8. The highest BCUT2D eigenvalue weighted by atomic mass is 35.5. The van der Waals surface area contributed by atoms with Gasteiger partial charge in [0.05, 0.1) is 4.91 Å². The van der Waals surface area contributed by atoms with Crippen molar-refractivity contribution >= 4 is 57.8 Å². The van der Waals surface area contributed by atoms with Crippen molar-refractivity contribution in [1.82, 2.24) is 10.2 Å². The second-order valence-electron chi connectivity index (χ2n) is 6.40. The van der Waals surface area contributed by atoms with Crippen LogP contribution in [-0.4, -0.2) is 39.2 Å². The first kappa shape index (κ1) is 21.4. The second kappa shape index (κ2) is 9.91. The number of amides is 2. The molecule has 0 saturated carbocycles. The van der Waals surface area contributed by atoms with Gasteiger partial charge in [0.1, 0.15) is 10.1 Å². The van der Waals surface area contributed by atoms with Gasteiger partial charge in [0.25, 0.3) is 5.91 Å². The molecule has 3 rings (SSSR count). The summed E-state index contributed by atoms with van der Waals surface area (Å²) in [7, 11) is 0. The topological polar surface area (TPSA) is 69.6 Å². The van der Waals surface area contributed by atoms with Crippen LogP contribution in [0.2, 0.25) is 5.02 Å². The van der Waals surface area contributed by atoms with Crippen molar-refractivity contribution in [3.8, 4) is 5.75 Å². The molecule has 0 radical (unpaired) electrons. The summed E-state index contributed by atoms with van der Waals surface area (Å²) in [4.78, 5) is 26.7. The maximum absolute atomic E-state index is 12.6. The Hall–Kier alpha value is -2.35. The SMILES string of the molecule is O=C(CCN1C(=O)C(=Cc2cccc(Cl)c2)SC1=S)NCCc1ccc(O)cc1. The summed E-state index contributed by atoms with van der Waals surface area (Å²) in [6.07, 6.45) is 2.59. The van der Waals surface area contributed by atoms with Crippen LogP contribution in [0.25, 0.3) is 6.08 Å². The highest BCUT2D eigenvalue weighted by Crippen LogP contribution is 2.32. The molecule has 150 valence electrons. The Morgan fingerprint density at radius 3 is 2.72 bits per heavy atom. The first-order valence-corrected chi connectivity index (χ1v) is 10.6. The van der Waals surface area contributed by atoms with E-state index in [4.69, 9.17) is 23.8 Å². The number of carbonyl (C=O) groups excluding carboxylic acids is 2. The number of nitrogens with zero attached hydrogens (tertiary/aromatic N) is 1. The number of carbonyl (C=O) groups is 2. The van der Waals surface area contributed by atoms with E-state index in [9.17, 15) is 14.7 Å². The highest BCUT2D eigenvalue weighted by molar-refractivity contribution is 8.26. The third-order valence-electron chi connectivity index (χ3n) is 4.25. The van der Waals surface area contributed by atoms with Crippen LogP contribution in [0.15, 0.2) is 53.4 Å². The number of halogens is 1. The molecule has 0 spiro atoms. The molecule has 0 atom stereocenters. The smallest absolute Gasteiger partial charge is 0.266 e. The van der Waals surface area contributed by atoms with Gasteiger partial charge in [-0.05, 0) is 47.9 Å². The Morgan fingerprint density at radius 2 is 2.00 bits per heavy atom. The molecule has 1 aliphatic rings. The molecule has 0 aromatic heterocycles. The summed E-state index contributed by atoms with van der Waals surface area (Å²) in [5.41, 5.74) is 1.84. The molecule has 2 amide bonds. The van der Waals surface area contributed by atoms with Gasteiger partial charge in [-0.1, -0.05) is 59.8 Å². The normalized spacial score (nSPS) is 15.2. The van der Waals surface area contributed by atoms with E-state index < -0.39 is 0 Å². The zero-order valence-electron chi connectivity index (χ0n) is 15.4. The fraction of sp³-hybridized carbons (Fsp3) is 0.190. The quantitative estimate of drug-likeness (QED) is 0.497. The van der Waals surface area contributed by atoms with E-state index in [1.165, 1.54) is 16.7 Å². The molecule has 1 heterocycles. The number of thiocarbonyl (C=S) groups is 1. The predicted molar refractivity (Wildman–Crippen MR) is 121 cm³/mol. The number of hydrogen-bond acceptors (Lipinski definition) is 5. The first-order valence-electron chi connectivity index (χ1n) is 8.98. The monoisotopic (exact) mass is 446 g/mol. The van der Waals surface area contributed by atoms with Crippen molar-refractivity contribution in [3.05, 3.63) is 69.6 Å². The van der Waals surface area contributed by atoms with E-state index in [1.54, 1.807) is 30.3 Å². The van der Waals surface area contributed by atoms with Gasteiger partial charge in [-0.3, -0.25) is 14.5 Å². The van der Waals surface area contributed by atoms with Crippen molar-refractivity contribution in [2.75, 3.05) is 13.1 Å². The molecule has 1 fully saturated rings. The number of thioether (sulfide) groups is 1. The number of nitrogens with one attached hydrogen (secondary N) is 1.